The van der Waals surface area contributed by atoms with E-state index in [1.54, 1.807) is 12.1 Å². The molecule has 0 unspecified atom stereocenters. The Labute approximate surface area is 76.8 Å². The molecule has 2 heterocycles. The SMILES string of the molecule is [C-]#[N+]c1cnc2ccc(Br)nn12. The smallest absolute Gasteiger partial charge is 0.275 e. The molecule has 0 aliphatic rings. The fourth-order valence-corrected chi connectivity index (χ4v) is 1.21. The lowest BCUT2D eigenvalue weighted by Gasteiger charge is -1.89. The molecule has 0 aliphatic heterocycles. The molecule has 0 bridgehead atoms. The molecule has 5 heteroatoms. The summed E-state index contributed by atoms with van der Waals surface area (Å²) in [4.78, 5) is 7.26. The van der Waals surface area contributed by atoms with Gasteiger partial charge in [-0.3, -0.25) is 0 Å². The van der Waals surface area contributed by atoms with Crippen LogP contribution in [0.1, 0.15) is 0 Å². The number of hydrogen-bond acceptors (Lipinski definition) is 2. The predicted octanol–water partition coefficient (Wildman–Crippen LogP) is 2.04. The summed E-state index contributed by atoms with van der Waals surface area (Å²) in [5.41, 5.74) is 0.684. The number of hydrogen-bond donors (Lipinski definition) is 0. The summed E-state index contributed by atoms with van der Waals surface area (Å²) in [6.07, 6.45) is 1.50. The predicted molar refractivity (Wildman–Crippen MR) is 46.9 cm³/mol. The molecule has 0 spiro atoms. The van der Waals surface area contributed by atoms with Crippen LogP contribution in [0.15, 0.2) is 22.9 Å². The Balaban J connectivity index is 2.86. The van der Waals surface area contributed by atoms with Crippen molar-refractivity contribution >= 4 is 27.4 Å². The van der Waals surface area contributed by atoms with Gasteiger partial charge < -0.3 is 4.85 Å². The maximum absolute atomic E-state index is 6.82. The van der Waals surface area contributed by atoms with Crippen LogP contribution in [0.4, 0.5) is 5.82 Å². The Kier molecular flexibility index (Phi) is 1.55. The van der Waals surface area contributed by atoms with Crippen LogP contribution in [-0.4, -0.2) is 14.6 Å². The van der Waals surface area contributed by atoms with Crippen molar-refractivity contribution in [1.82, 2.24) is 14.6 Å². The van der Waals surface area contributed by atoms with Crippen molar-refractivity contribution in [3.8, 4) is 0 Å². The van der Waals surface area contributed by atoms with Crippen molar-refractivity contribution in [2.75, 3.05) is 0 Å². The maximum atomic E-state index is 6.82. The highest BCUT2D eigenvalue weighted by Crippen LogP contribution is 2.15. The van der Waals surface area contributed by atoms with E-state index in [0.29, 0.717) is 16.1 Å². The van der Waals surface area contributed by atoms with Gasteiger partial charge in [0.15, 0.2) is 0 Å². The van der Waals surface area contributed by atoms with Gasteiger partial charge in [0, 0.05) is 6.07 Å². The molecule has 0 N–H and O–H groups in total. The van der Waals surface area contributed by atoms with E-state index in [9.17, 15) is 0 Å². The molecule has 58 valence electrons. The molecule has 0 atom stereocenters. The Bertz CT molecular complexity index is 468. The van der Waals surface area contributed by atoms with E-state index >= 15 is 0 Å². The average Bonchev–Trinajstić information content (AvgIpc) is 2.46. The third-order valence-corrected chi connectivity index (χ3v) is 1.85. The second-order valence-electron chi connectivity index (χ2n) is 2.15. The summed E-state index contributed by atoms with van der Waals surface area (Å²) in [7, 11) is 0. The molecule has 2 aromatic rings. The zero-order valence-electron chi connectivity index (χ0n) is 5.90. The molecule has 0 saturated heterocycles. The molecule has 12 heavy (non-hydrogen) atoms. The van der Waals surface area contributed by atoms with Crippen LogP contribution in [0, 0.1) is 6.57 Å². The van der Waals surface area contributed by atoms with Crippen LogP contribution in [0.5, 0.6) is 0 Å². The van der Waals surface area contributed by atoms with Gasteiger partial charge >= 0.3 is 0 Å². The van der Waals surface area contributed by atoms with Crippen LogP contribution in [-0.2, 0) is 0 Å². The molecule has 4 nitrogen and oxygen atoms in total. The van der Waals surface area contributed by atoms with Crippen LogP contribution in [0.25, 0.3) is 10.5 Å². The van der Waals surface area contributed by atoms with Crippen molar-refractivity contribution in [3.63, 3.8) is 0 Å². The van der Waals surface area contributed by atoms with Crippen molar-refractivity contribution in [1.29, 1.82) is 0 Å². The first-order chi connectivity index (χ1) is 5.81. The Morgan fingerprint density at radius 2 is 2.33 bits per heavy atom. The zero-order chi connectivity index (χ0) is 8.55. The van der Waals surface area contributed by atoms with Crippen molar-refractivity contribution < 1.29 is 0 Å². The summed E-state index contributed by atoms with van der Waals surface area (Å²) in [6.45, 7) is 6.82. The highest BCUT2D eigenvalue weighted by molar-refractivity contribution is 9.10. The van der Waals surface area contributed by atoms with E-state index < -0.39 is 0 Å². The maximum Gasteiger partial charge on any atom is 0.275 e. The first-order valence-corrected chi connectivity index (χ1v) is 3.98. The van der Waals surface area contributed by atoms with Crippen LogP contribution < -0.4 is 0 Å². The first kappa shape index (κ1) is 7.25. The highest BCUT2D eigenvalue weighted by Gasteiger charge is 2.05. The van der Waals surface area contributed by atoms with E-state index in [4.69, 9.17) is 6.57 Å². The monoisotopic (exact) mass is 222 g/mol. The minimum absolute atomic E-state index is 0.423. The van der Waals surface area contributed by atoms with Gasteiger partial charge in [0.1, 0.15) is 4.60 Å². The normalized spacial score (nSPS) is 10.0. The lowest BCUT2D eigenvalue weighted by Crippen LogP contribution is -1.89. The van der Waals surface area contributed by atoms with Gasteiger partial charge in [-0.05, 0) is 22.0 Å². The van der Waals surface area contributed by atoms with E-state index in [1.165, 1.54) is 10.7 Å². The van der Waals surface area contributed by atoms with Crippen molar-refractivity contribution in [2.24, 2.45) is 0 Å². The fourth-order valence-electron chi connectivity index (χ4n) is 0.915. The molecular formula is C7H3BrN4. The summed E-state index contributed by atoms with van der Waals surface area (Å²) in [5, 5.41) is 4.06. The molecule has 0 aliphatic carbocycles. The van der Waals surface area contributed by atoms with Crippen molar-refractivity contribution in [3.05, 3.63) is 34.3 Å². The van der Waals surface area contributed by atoms with Crippen molar-refractivity contribution in [2.45, 2.75) is 0 Å². The fraction of sp³-hybridized carbons (Fsp3) is 0. The number of fused-ring (bicyclic) bond motifs is 1. The highest BCUT2D eigenvalue weighted by atomic mass is 79.9. The van der Waals surface area contributed by atoms with E-state index in [0.717, 1.165) is 0 Å². The lowest BCUT2D eigenvalue weighted by molar-refractivity contribution is 0.930. The minimum atomic E-state index is 0.423. The van der Waals surface area contributed by atoms with Crippen LogP contribution >= 0.6 is 15.9 Å². The van der Waals surface area contributed by atoms with E-state index in [1.807, 2.05) is 0 Å². The molecule has 0 radical (unpaired) electrons. The topological polar surface area (TPSA) is 34.5 Å². The number of rotatable bonds is 0. The van der Waals surface area contributed by atoms with E-state index in [2.05, 4.69) is 30.9 Å². The van der Waals surface area contributed by atoms with Gasteiger partial charge in [-0.2, -0.15) is 0 Å². The Morgan fingerprint density at radius 3 is 3.08 bits per heavy atom. The quantitative estimate of drug-likeness (QED) is 0.640. The van der Waals surface area contributed by atoms with Gasteiger partial charge in [-0.25, -0.2) is 4.98 Å². The lowest BCUT2D eigenvalue weighted by atomic mass is 10.6. The summed E-state index contributed by atoms with van der Waals surface area (Å²) < 4.78 is 2.19. The minimum Gasteiger partial charge on any atom is -0.360 e. The number of aromatic nitrogens is 3. The van der Waals surface area contributed by atoms with Gasteiger partial charge in [0.05, 0.1) is 6.20 Å². The number of halogens is 1. The van der Waals surface area contributed by atoms with Gasteiger partial charge in [0.2, 0.25) is 5.65 Å². The van der Waals surface area contributed by atoms with Gasteiger partial charge in [-0.1, -0.05) is 11.7 Å². The first-order valence-electron chi connectivity index (χ1n) is 3.19. The standard InChI is InChI=1S/C7H3BrN4/c1-9-7-4-10-6-3-2-5(8)11-12(6)7/h2-4H. The Morgan fingerprint density at radius 1 is 1.50 bits per heavy atom. The molecule has 0 fully saturated rings. The van der Waals surface area contributed by atoms with E-state index in [-0.39, 0.29) is 0 Å². The number of imidazole rings is 1. The third-order valence-electron chi connectivity index (χ3n) is 1.43. The number of nitrogens with zero attached hydrogens (tertiary/aromatic N) is 4. The van der Waals surface area contributed by atoms with Crippen LogP contribution in [0.2, 0.25) is 0 Å². The molecule has 0 aromatic carbocycles. The van der Waals surface area contributed by atoms with Crippen LogP contribution in [0.3, 0.4) is 0 Å². The second-order valence-corrected chi connectivity index (χ2v) is 2.97. The summed E-state index contributed by atoms with van der Waals surface area (Å²) >= 11 is 3.22. The zero-order valence-corrected chi connectivity index (χ0v) is 7.48. The summed E-state index contributed by atoms with van der Waals surface area (Å²) in [6, 6.07) is 3.59. The molecule has 2 aromatic heterocycles. The average molecular weight is 223 g/mol. The molecular weight excluding hydrogens is 220 g/mol. The van der Waals surface area contributed by atoms with Gasteiger partial charge in [0.25, 0.3) is 5.82 Å². The second kappa shape index (κ2) is 2.57. The largest absolute Gasteiger partial charge is 0.360 e. The summed E-state index contributed by atoms with van der Waals surface area (Å²) in [5.74, 6) is 0.423. The molecule has 2 rings (SSSR count). The molecule has 0 amide bonds. The van der Waals surface area contributed by atoms with Gasteiger partial charge in [-0.15, -0.1) is 4.52 Å². The molecule has 0 saturated carbocycles. The third kappa shape index (κ3) is 0.970. The Hall–Kier alpha value is -1.41.